The summed E-state index contributed by atoms with van der Waals surface area (Å²) in [5, 5.41) is 0. The Morgan fingerprint density at radius 3 is 1.27 bits per heavy atom. The summed E-state index contributed by atoms with van der Waals surface area (Å²) >= 11 is 6.05. The van der Waals surface area contributed by atoms with Crippen LogP contribution < -0.4 is 0 Å². The van der Waals surface area contributed by atoms with Crippen LogP contribution in [0.3, 0.4) is 0 Å². The maximum absolute atomic E-state index is 6.05. The van der Waals surface area contributed by atoms with Gasteiger partial charge >= 0.3 is 0 Å². The van der Waals surface area contributed by atoms with Crippen LogP contribution in [0.4, 0.5) is 0 Å². The van der Waals surface area contributed by atoms with Gasteiger partial charge in [0.05, 0.1) is 24.4 Å². The van der Waals surface area contributed by atoms with Gasteiger partial charge in [-0.25, -0.2) is 0 Å². The molecule has 0 N–H and O–H groups in total. The number of benzene rings is 1. The first kappa shape index (κ1) is 25.1. The van der Waals surface area contributed by atoms with E-state index in [4.69, 9.17) is 12.2 Å². The van der Waals surface area contributed by atoms with E-state index in [2.05, 4.69) is 70.9 Å². The third-order valence-electron chi connectivity index (χ3n) is 5.92. The standard InChI is InChI=1S/C25H44N4S/c1-5-9-17-26(18-10-6-2)21-28-23-15-13-14-16-24(23)29(25(28)30)22-27(19-11-7-3)20-12-8-4/h13-16H,5-12,17-22H2,1-4H3. The van der Waals surface area contributed by atoms with E-state index in [9.17, 15) is 0 Å². The van der Waals surface area contributed by atoms with Gasteiger partial charge in [0.2, 0.25) is 0 Å². The Bertz CT molecular complexity index is 701. The molecule has 0 atom stereocenters. The number of para-hydroxylation sites is 2. The molecule has 0 aliphatic carbocycles. The maximum atomic E-state index is 6.05. The van der Waals surface area contributed by atoms with Gasteiger partial charge in [0.1, 0.15) is 0 Å². The van der Waals surface area contributed by atoms with E-state index in [-0.39, 0.29) is 0 Å². The van der Waals surface area contributed by atoms with Crippen LogP contribution in [0.5, 0.6) is 0 Å². The number of nitrogens with zero attached hydrogens (tertiary/aromatic N) is 4. The molecule has 0 amide bonds. The number of hydrogen-bond donors (Lipinski definition) is 0. The van der Waals surface area contributed by atoms with Crippen molar-refractivity contribution < 1.29 is 0 Å². The minimum atomic E-state index is 0.899. The summed E-state index contributed by atoms with van der Waals surface area (Å²) in [6.07, 6.45) is 9.93. The quantitative estimate of drug-likeness (QED) is 0.269. The second-order valence-corrected chi connectivity index (χ2v) is 8.93. The number of hydrogen-bond acceptors (Lipinski definition) is 3. The largest absolute Gasteiger partial charge is 0.303 e. The van der Waals surface area contributed by atoms with Crippen LogP contribution in [0.1, 0.15) is 79.1 Å². The van der Waals surface area contributed by atoms with Crippen molar-refractivity contribution in [1.82, 2.24) is 18.9 Å². The second-order valence-electron chi connectivity index (χ2n) is 8.56. The van der Waals surface area contributed by atoms with Gasteiger partial charge in [0.15, 0.2) is 4.77 Å². The molecule has 0 bridgehead atoms. The number of rotatable bonds is 16. The van der Waals surface area contributed by atoms with Gasteiger partial charge in [0, 0.05) is 0 Å². The highest BCUT2D eigenvalue weighted by Gasteiger charge is 2.15. The minimum Gasteiger partial charge on any atom is -0.303 e. The molecule has 1 aromatic heterocycles. The average Bonchev–Trinajstić information content (AvgIpc) is 3.02. The van der Waals surface area contributed by atoms with Crippen molar-refractivity contribution in [2.45, 2.75) is 92.4 Å². The molecule has 0 saturated heterocycles. The summed E-state index contributed by atoms with van der Waals surface area (Å²) in [7, 11) is 0. The lowest BCUT2D eigenvalue weighted by atomic mass is 10.2. The lowest BCUT2D eigenvalue weighted by molar-refractivity contribution is 0.201. The van der Waals surface area contributed by atoms with Gasteiger partial charge in [-0.15, -0.1) is 0 Å². The molecule has 0 saturated carbocycles. The predicted molar refractivity (Wildman–Crippen MR) is 134 cm³/mol. The molecule has 0 aliphatic heterocycles. The van der Waals surface area contributed by atoms with E-state index in [1.54, 1.807) is 0 Å². The van der Waals surface area contributed by atoms with Crippen molar-refractivity contribution in [2.75, 3.05) is 26.2 Å². The number of aromatic nitrogens is 2. The van der Waals surface area contributed by atoms with Gasteiger partial charge in [-0.3, -0.25) is 9.80 Å². The highest BCUT2D eigenvalue weighted by molar-refractivity contribution is 7.71. The summed E-state index contributed by atoms with van der Waals surface area (Å²) in [5.74, 6) is 0. The third-order valence-corrected chi connectivity index (χ3v) is 6.36. The minimum absolute atomic E-state index is 0.899. The van der Waals surface area contributed by atoms with Crippen molar-refractivity contribution in [3.63, 3.8) is 0 Å². The number of unbranched alkanes of at least 4 members (excludes halogenated alkanes) is 4. The Kier molecular flexibility index (Phi) is 11.7. The Labute approximate surface area is 189 Å². The zero-order valence-corrected chi connectivity index (χ0v) is 20.7. The van der Waals surface area contributed by atoms with Crippen molar-refractivity contribution in [1.29, 1.82) is 0 Å². The Morgan fingerprint density at radius 2 is 0.967 bits per heavy atom. The molecule has 30 heavy (non-hydrogen) atoms. The van der Waals surface area contributed by atoms with Gasteiger partial charge in [-0.1, -0.05) is 65.5 Å². The molecule has 4 nitrogen and oxygen atoms in total. The second kappa shape index (κ2) is 14.0. The van der Waals surface area contributed by atoms with Crippen molar-refractivity contribution in [3.05, 3.63) is 29.0 Å². The van der Waals surface area contributed by atoms with E-state index < -0.39 is 0 Å². The van der Waals surface area contributed by atoms with E-state index in [0.717, 1.165) is 44.3 Å². The van der Waals surface area contributed by atoms with Crippen molar-refractivity contribution in [2.24, 2.45) is 0 Å². The molecule has 5 heteroatoms. The van der Waals surface area contributed by atoms with E-state index >= 15 is 0 Å². The first-order valence-corrected chi connectivity index (χ1v) is 12.7. The molecule has 0 aliphatic rings. The fraction of sp³-hybridized carbons (Fsp3) is 0.720. The van der Waals surface area contributed by atoms with Crippen LogP contribution in [0.25, 0.3) is 11.0 Å². The zero-order chi connectivity index (χ0) is 21.8. The lowest BCUT2D eigenvalue weighted by Crippen LogP contribution is -2.30. The highest BCUT2D eigenvalue weighted by atomic mass is 32.1. The van der Waals surface area contributed by atoms with Gasteiger partial charge in [-0.05, 0) is 76.2 Å². The van der Waals surface area contributed by atoms with Crippen LogP contribution in [0.2, 0.25) is 0 Å². The van der Waals surface area contributed by atoms with Gasteiger partial charge < -0.3 is 9.13 Å². The van der Waals surface area contributed by atoms with Crippen molar-refractivity contribution in [3.8, 4) is 0 Å². The Balaban J connectivity index is 2.32. The maximum Gasteiger partial charge on any atom is 0.183 e. The monoisotopic (exact) mass is 432 g/mol. The normalized spacial score (nSPS) is 11.9. The average molecular weight is 433 g/mol. The molecule has 0 radical (unpaired) electrons. The molecule has 1 aromatic carbocycles. The summed E-state index contributed by atoms with van der Waals surface area (Å²) in [4.78, 5) is 5.18. The summed E-state index contributed by atoms with van der Waals surface area (Å²) in [6.45, 7) is 15.5. The summed E-state index contributed by atoms with van der Waals surface area (Å²) < 4.78 is 5.70. The molecule has 0 fully saturated rings. The third kappa shape index (κ3) is 7.21. The Morgan fingerprint density at radius 1 is 0.633 bits per heavy atom. The molecule has 2 rings (SSSR count). The topological polar surface area (TPSA) is 16.3 Å². The van der Waals surface area contributed by atoms with Crippen LogP contribution in [0, 0.1) is 4.77 Å². The first-order valence-electron chi connectivity index (χ1n) is 12.3. The van der Waals surface area contributed by atoms with Crippen LogP contribution in [-0.4, -0.2) is 45.1 Å². The van der Waals surface area contributed by atoms with Crippen LogP contribution in [-0.2, 0) is 13.3 Å². The van der Waals surface area contributed by atoms with E-state index in [1.165, 1.54) is 62.4 Å². The van der Waals surface area contributed by atoms with Crippen LogP contribution in [0.15, 0.2) is 24.3 Å². The molecule has 0 unspecified atom stereocenters. The lowest BCUT2D eigenvalue weighted by Gasteiger charge is -2.24. The van der Waals surface area contributed by atoms with E-state index in [0.29, 0.717) is 0 Å². The smallest absolute Gasteiger partial charge is 0.183 e. The summed E-state index contributed by atoms with van der Waals surface area (Å²) in [5.41, 5.74) is 2.54. The fourth-order valence-electron chi connectivity index (χ4n) is 3.98. The van der Waals surface area contributed by atoms with E-state index in [1.807, 2.05) is 0 Å². The zero-order valence-electron chi connectivity index (χ0n) is 19.9. The summed E-state index contributed by atoms with van der Waals surface area (Å²) in [6, 6.07) is 8.77. The fourth-order valence-corrected chi connectivity index (χ4v) is 4.29. The van der Waals surface area contributed by atoms with Gasteiger partial charge in [0.25, 0.3) is 0 Å². The SMILES string of the molecule is CCCCN(CCCC)Cn1c(=S)n(CN(CCCC)CCCC)c2ccccc21. The molecule has 1 heterocycles. The van der Waals surface area contributed by atoms with Crippen molar-refractivity contribution >= 4 is 23.3 Å². The van der Waals surface area contributed by atoms with Gasteiger partial charge in [-0.2, -0.15) is 0 Å². The molecule has 170 valence electrons. The van der Waals surface area contributed by atoms with Crippen LogP contribution >= 0.6 is 12.2 Å². The molecule has 2 aromatic rings. The highest BCUT2D eigenvalue weighted by Crippen LogP contribution is 2.20. The number of imidazole rings is 1. The first-order chi connectivity index (χ1) is 14.7. The Hall–Kier alpha value is -1.17. The molecular formula is C25H44N4S. The predicted octanol–water partition coefficient (Wildman–Crippen LogP) is 6.89. The molecular weight excluding hydrogens is 388 g/mol. The number of fused-ring (bicyclic) bond motifs is 1. The molecule has 0 spiro atoms.